The minimum absolute atomic E-state index is 0.0764. The molecule has 0 radical (unpaired) electrons. The van der Waals surface area contributed by atoms with Crippen LogP contribution in [0.4, 0.5) is 0 Å². The molecule has 1 rings (SSSR count). The zero-order valence-corrected chi connectivity index (χ0v) is 7.92. The first-order chi connectivity index (χ1) is 6.29. The maximum Gasteiger partial charge on any atom is 0.143 e. The predicted molar refractivity (Wildman–Crippen MR) is 53.1 cm³/mol. The third kappa shape index (κ3) is 2.47. The number of aliphatic hydroxyl groups is 1. The van der Waals surface area contributed by atoms with Crippen LogP contribution in [0.25, 0.3) is 0 Å². The molecular weight excluding hydrogens is 188 g/mol. The van der Waals surface area contributed by atoms with E-state index in [9.17, 15) is 0 Å². The summed E-state index contributed by atoms with van der Waals surface area (Å²) in [6.45, 7) is 3.84. The van der Waals surface area contributed by atoms with Crippen molar-refractivity contribution in [2.75, 3.05) is 6.61 Å². The Kier molecular flexibility index (Phi) is 3.80. The van der Waals surface area contributed by atoms with E-state index in [-0.39, 0.29) is 6.61 Å². The number of ether oxygens (including phenoxy) is 1. The van der Waals surface area contributed by atoms with Gasteiger partial charge in [0.05, 0.1) is 11.6 Å². The molecule has 0 aliphatic carbocycles. The Labute approximate surface area is 82.4 Å². The highest BCUT2D eigenvalue weighted by Gasteiger charge is 2.05. The molecule has 0 aromatic heterocycles. The van der Waals surface area contributed by atoms with Crippen molar-refractivity contribution in [1.82, 2.24) is 0 Å². The molecule has 0 spiro atoms. The van der Waals surface area contributed by atoms with Crippen LogP contribution in [0.1, 0.15) is 5.56 Å². The van der Waals surface area contributed by atoms with Gasteiger partial charge < -0.3 is 9.84 Å². The lowest BCUT2D eigenvalue weighted by molar-refractivity contribution is 0.270. The summed E-state index contributed by atoms with van der Waals surface area (Å²) in [6, 6.07) is 5.26. The number of halogens is 1. The van der Waals surface area contributed by atoms with Crippen LogP contribution in [0.2, 0.25) is 5.02 Å². The Hall–Kier alpha value is -0.990. The predicted octanol–water partition coefficient (Wildman–Crippen LogP) is 2.40. The van der Waals surface area contributed by atoms with E-state index < -0.39 is 0 Å². The highest BCUT2D eigenvalue weighted by atomic mass is 35.5. The van der Waals surface area contributed by atoms with Gasteiger partial charge >= 0.3 is 0 Å². The number of aliphatic hydroxyl groups excluding tert-OH is 1. The normalized spacial score (nSPS) is 9.69. The minimum atomic E-state index is -0.0764. The number of benzene rings is 1. The number of hydrogen-bond donors (Lipinski definition) is 1. The van der Waals surface area contributed by atoms with E-state index in [0.29, 0.717) is 22.9 Å². The van der Waals surface area contributed by atoms with E-state index in [1.165, 1.54) is 0 Å². The lowest BCUT2D eigenvalue weighted by Gasteiger charge is -2.09. The second kappa shape index (κ2) is 4.90. The molecule has 0 aliphatic rings. The van der Waals surface area contributed by atoms with Crippen molar-refractivity contribution in [3.8, 4) is 5.75 Å². The van der Waals surface area contributed by atoms with Crippen molar-refractivity contribution in [2.24, 2.45) is 0 Å². The second-order valence-corrected chi connectivity index (χ2v) is 2.89. The summed E-state index contributed by atoms with van der Waals surface area (Å²) >= 11 is 5.87. The van der Waals surface area contributed by atoms with E-state index in [4.69, 9.17) is 21.4 Å². The standard InChI is InChI=1S/C10H11ClO2/c1-2-6-13-10-8(7-12)4-3-5-9(10)11/h2-5,12H,1,6-7H2. The third-order valence-electron chi connectivity index (χ3n) is 1.56. The van der Waals surface area contributed by atoms with Gasteiger partial charge in [-0.1, -0.05) is 36.4 Å². The zero-order valence-electron chi connectivity index (χ0n) is 7.16. The Morgan fingerprint density at radius 1 is 1.54 bits per heavy atom. The van der Waals surface area contributed by atoms with E-state index in [1.807, 2.05) is 0 Å². The lowest BCUT2D eigenvalue weighted by Crippen LogP contribution is -1.98. The average Bonchev–Trinajstić information content (AvgIpc) is 2.15. The Morgan fingerprint density at radius 3 is 2.92 bits per heavy atom. The van der Waals surface area contributed by atoms with Gasteiger partial charge in [-0.05, 0) is 6.07 Å². The molecule has 1 aromatic rings. The van der Waals surface area contributed by atoms with Crippen LogP contribution >= 0.6 is 11.6 Å². The van der Waals surface area contributed by atoms with Crippen LogP contribution in [0, 0.1) is 0 Å². The molecule has 0 fully saturated rings. The van der Waals surface area contributed by atoms with E-state index in [1.54, 1.807) is 24.3 Å². The van der Waals surface area contributed by atoms with Crippen LogP contribution in [0.3, 0.4) is 0 Å². The summed E-state index contributed by atoms with van der Waals surface area (Å²) in [7, 11) is 0. The highest BCUT2D eigenvalue weighted by Crippen LogP contribution is 2.28. The molecule has 1 aromatic carbocycles. The van der Waals surface area contributed by atoms with Crippen LogP contribution in [-0.2, 0) is 6.61 Å². The first kappa shape index (κ1) is 10.1. The minimum Gasteiger partial charge on any atom is -0.488 e. The lowest BCUT2D eigenvalue weighted by atomic mass is 10.2. The average molecular weight is 199 g/mol. The molecule has 1 N–H and O–H groups in total. The third-order valence-corrected chi connectivity index (χ3v) is 1.86. The summed E-state index contributed by atoms with van der Waals surface area (Å²) in [5.74, 6) is 0.534. The van der Waals surface area contributed by atoms with Gasteiger partial charge in [0.1, 0.15) is 12.4 Å². The van der Waals surface area contributed by atoms with Gasteiger partial charge in [-0.25, -0.2) is 0 Å². The van der Waals surface area contributed by atoms with Crippen molar-refractivity contribution in [3.05, 3.63) is 41.4 Å². The summed E-state index contributed by atoms with van der Waals surface area (Å²) in [5, 5.41) is 9.49. The van der Waals surface area contributed by atoms with E-state index >= 15 is 0 Å². The number of para-hydroxylation sites is 1. The van der Waals surface area contributed by atoms with Gasteiger partial charge in [0.25, 0.3) is 0 Å². The SMILES string of the molecule is C=CCOc1c(Cl)cccc1CO. The first-order valence-corrected chi connectivity index (χ1v) is 4.29. The summed E-state index contributed by atoms with van der Waals surface area (Å²) in [4.78, 5) is 0. The van der Waals surface area contributed by atoms with Gasteiger partial charge in [0.15, 0.2) is 0 Å². The molecule has 0 atom stereocenters. The largest absolute Gasteiger partial charge is 0.488 e. The topological polar surface area (TPSA) is 29.5 Å². The van der Waals surface area contributed by atoms with Crippen LogP contribution in [-0.4, -0.2) is 11.7 Å². The summed E-state index contributed by atoms with van der Waals surface area (Å²) < 4.78 is 5.30. The molecule has 2 nitrogen and oxygen atoms in total. The maximum absolute atomic E-state index is 8.98. The highest BCUT2D eigenvalue weighted by molar-refractivity contribution is 6.32. The maximum atomic E-state index is 8.98. The summed E-state index contributed by atoms with van der Waals surface area (Å²) in [6.07, 6.45) is 1.63. The second-order valence-electron chi connectivity index (χ2n) is 2.49. The quantitative estimate of drug-likeness (QED) is 0.753. The monoisotopic (exact) mass is 198 g/mol. The van der Waals surface area contributed by atoms with Crippen molar-refractivity contribution >= 4 is 11.6 Å². The Morgan fingerprint density at radius 2 is 2.31 bits per heavy atom. The molecular formula is C10H11ClO2. The molecule has 13 heavy (non-hydrogen) atoms. The van der Waals surface area contributed by atoms with Crippen LogP contribution in [0.5, 0.6) is 5.75 Å². The summed E-state index contributed by atoms with van der Waals surface area (Å²) in [5.41, 5.74) is 0.689. The van der Waals surface area contributed by atoms with Gasteiger partial charge in [0.2, 0.25) is 0 Å². The Balaban J connectivity index is 2.93. The van der Waals surface area contributed by atoms with Gasteiger partial charge in [-0.2, -0.15) is 0 Å². The molecule has 0 unspecified atom stereocenters. The fraction of sp³-hybridized carbons (Fsp3) is 0.200. The van der Waals surface area contributed by atoms with Crippen LogP contribution in [0.15, 0.2) is 30.9 Å². The van der Waals surface area contributed by atoms with E-state index in [0.717, 1.165) is 0 Å². The van der Waals surface area contributed by atoms with Crippen molar-refractivity contribution < 1.29 is 9.84 Å². The fourth-order valence-electron chi connectivity index (χ4n) is 0.982. The molecule has 0 amide bonds. The molecule has 3 heteroatoms. The fourth-order valence-corrected chi connectivity index (χ4v) is 1.23. The van der Waals surface area contributed by atoms with E-state index in [2.05, 4.69) is 6.58 Å². The molecule has 0 saturated carbocycles. The molecule has 70 valence electrons. The van der Waals surface area contributed by atoms with Crippen LogP contribution < -0.4 is 4.74 Å². The number of hydrogen-bond acceptors (Lipinski definition) is 2. The zero-order chi connectivity index (χ0) is 9.68. The van der Waals surface area contributed by atoms with Gasteiger partial charge in [0, 0.05) is 5.56 Å². The van der Waals surface area contributed by atoms with Gasteiger partial charge in [-0.15, -0.1) is 0 Å². The smallest absolute Gasteiger partial charge is 0.143 e. The van der Waals surface area contributed by atoms with Crippen molar-refractivity contribution in [1.29, 1.82) is 0 Å². The number of rotatable bonds is 4. The first-order valence-electron chi connectivity index (χ1n) is 3.91. The molecule has 0 aliphatic heterocycles. The van der Waals surface area contributed by atoms with Crippen molar-refractivity contribution in [3.63, 3.8) is 0 Å². The Bertz CT molecular complexity index is 297. The molecule has 0 saturated heterocycles. The molecule has 0 heterocycles. The van der Waals surface area contributed by atoms with Crippen molar-refractivity contribution in [2.45, 2.75) is 6.61 Å². The molecule has 0 bridgehead atoms. The van der Waals surface area contributed by atoms with Gasteiger partial charge in [-0.3, -0.25) is 0 Å².